The van der Waals surface area contributed by atoms with Gasteiger partial charge in [0.25, 0.3) is 0 Å². The summed E-state index contributed by atoms with van der Waals surface area (Å²) in [4.78, 5) is 2.55. The molecule has 0 saturated carbocycles. The van der Waals surface area contributed by atoms with Crippen molar-refractivity contribution in [3.63, 3.8) is 0 Å². The summed E-state index contributed by atoms with van der Waals surface area (Å²) in [6.07, 6.45) is 0. The Morgan fingerprint density at radius 2 is 1.69 bits per heavy atom. The van der Waals surface area contributed by atoms with E-state index in [2.05, 4.69) is 9.62 Å². The van der Waals surface area contributed by atoms with Gasteiger partial charge in [0, 0.05) is 26.2 Å². The Morgan fingerprint density at radius 3 is 2.35 bits per heavy atom. The average Bonchev–Trinajstić information content (AvgIpc) is 2.68. The van der Waals surface area contributed by atoms with Crippen molar-refractivity contribution in [2.45, 2.75) is 18.0 Å². The fraction of sp³-hybridized carbons (Fsp3) is 0.368. The fourth-order valence-electron chi connectivity index (χ4n) is 2.90. The first-order valence-electron chi connectivity index (χ1n) is 8.59. The number of morpholine rings is 1. The number of sulfonamides is 1. The number of nitrogens with zero attached hydrogens (tertiary/aromatic N) is 1. The fourth-order valence-corrected chi connectivity index (χ4v) is 3.90. The van der Waals surface area contributed by atoms with E-state index in [0.717, 1.165) is 44.0 Å². The maximum Gasteiger partial charge on any atom is 0.240 e. The second-order valence-electron chi connectivity index (χ2n) is 6.16. The van der Waals surface area contributed by atoms with E-state index in [9.17, 15) is 8.42 Å². The second-order valence-corrected chi connectivity index (χ2v) is 7.92. The third kappa shape index (κ3) is 4.82. The van der Waals surface area contributed by atoms with Crippen LogP contribution in [0, 0.1) is 0 Å². The first-order valence-corrected chi connectivity index (χ1v) is 10.1. The summed E-state index contributed by atoms with van der Waals surface area (Å²) in [5.41, 5.74) is 2.11. The normalized spacial score (nSPS) is 15.7. The molecular formula is C19H24N2O4S. The maximum atomic E-state index is 12.5. The van der Waals surface area contributed by atoms with Gasteiger partial charge in [0.1, 0.15) is 5.75 Å². The monoisotopic (exact) mass is 376 g/mol. The molecule has 0 atom stereocenters. The molecule has 1 heterocycles. The van der Waals surface area contributed by atoms with Crippen LogP contribution in [0.15, 0.2) is 53.4 Å². The third-order valence-electron chi connectivity index (χ3n) is 4.44. The van der Waals surface area contributed by atoms with Gasteiger partial charge in [-0.1, -0.05) is 24.3 Å². The summed E-state index contributed by atoms with van der Waals surface area (Å²) in [5, 5.41) is 0. The van der Waals surface area contributed by atoms with Crippen molar-refractivity contribution in [3.8, 4) is 5.75 Å². The third-order valence-corrected chi connectivity index (χ3v) is 5.86. The first kappa shape index (κ1) is 18.8. The molecule has 0 unspecified atom stereocenters. The molecule has 140 valence electrons. The Bertz CT molecular complexity index is 816. The molecule has 1 saturated heterocycles. The van der Waals surface area contributed by atoms with Crippen molar-refractivity contribution in [3.05, 3.63) is 59.7 Å². The van der Waals surface area contributed by atoms with Crippen molar-refractivity contribution < 1.29 is 17.9 Å². The lowest BCUT2D eigenvalue weighted by Crippen LogP contribution is -2.36. The number of nitrogens with one attached hydrogen (secondary N) is 1. The number of benzene rings is 2. The molecule has 0 bridgehead atoms. The van der Waals surface area contributed by atoms with E-state index in [1.807, 2.05) is 24.3 Å². The second kappa shape index (κ2) is 8.64. The molecule has 3 rings (SSSR count). The predicted octanol–water partition coefficient (Wildman–Crippen LogP) is 2.01. The van der Waals surface area contributed by atoms with Crippen LogP contribution in [-0.4, -0.2) is 46.7 Å². The molecule has 2 aromatic carbocycles. The van der Waals surface area contributed by atoms with E-state index in [0.29, 0.717) is 5.75 Å². The van der Waals surface area contributed by atoms with Crippen LogP contribution in [0.3, 0.4) is 0 Å². The molecule has 1 aliphatic rings. The Morgan fingerprint density at radius 1 is 1.04 bits per heavy atom. The molecule has 26 heavy (non-hydrogen) atoms. The lowest BCUT2D eigenvalue weighted by Gasteiger charge is -2.27. The number of hydrogen-bond donors (Lipinski definition) is 1. The molecule has 7 heteroatoms. The molecule has 1 N–H and O–H groups in total. The van der Waals surface area contributed by atoms with E-state index < -0.39 is 10.0 Å². The summed E-state index contributed by atoms with van der Waals surface area (Å²) in [7, 11) is -2.02. The minimum atomic E-state index is -3.57. The van der Waals surface area contributed by atoms with Crippen LogP contribution in [0.2, 0.25) is 0 Å². The van der Waals surface area contributed by atoms with Crippen LogP contribution in [-0.2, 0) is 27.8 Å². The maximum absolute atomic E-state index is 12.5. The van der Waals surface area contributed by atoms with Crippen molar-refractivity contribution in [2.75, 3.05) is 33.4 Å². The van der Waals surface area contributed by atoms with Crippen LogP contribution >= 0.6 is 0 Å². The molecule has 6 nitrogen and oxygen atoms in total. The zero-order chi connectivity index (χ0) is 18.4. The number of hydrogen-bond acceptors (Lipinski definition) is 5. The summed E-state index contributed by atoms with van der Waals surface area (Å²) >= 11 is 0. The highest BCUT2D eigenvalue weighted by Crippen LogP contribution is 2.17. The van der Waals surface area contributed by atoms with Crippen LogP contribution < -0.4 is 9.46 Å². The largest absolute Gasteiger partial charge is 0.497 e. The summed E-state index contributed by atoms with van der Waals surface area (Å²) < 4.78 is 38.2. The molecule has 1 aliphatic heterocycles. The highest BCUT2D eigenvalue weighted by atomic mass is 32.2. The van der Waals surface area contributed by atoms with Crippen LogP contribution in [0.5, 0.6) is 5.75 Å². The average molecular weight is 376 g/mol. The first-order chi connectivity index (χ1) is 12.6. The van der Waals surface area contributed by atoms with Gasteiger partial charge < -0.3 is 9.47 Å². The van der Waals surface area contributed by atoms with Crippen molar-refractivity contribution in [1.29, 1.82) is 0 Å². The molecule has 0 spiro atoms. The van der Waals surface area contributed by atoms with E-state index in [4.69, 9.17) is 9.47 Å². The van der Waals surface area contributed by atoms with E-state index in [1.54, 1.807) is 31.4 Å². The Balaban J connectivity index is 1.68. The molecule has 1 fully saturated rings. The standard InChI is InChI=1S/C19H24N2O4S/c1-24-18-6-8-19(9-7-18)26(22,23)20-14-16-4-2-3-5-17(16)15-21-10-12-25-13-11-21/h2-9,20H,10-15H2,1H3. The van der Waals surface area contributed by atoms with Gasteiger partial charge in [-0.15, -0.1) is 0 Å². The van der Waals surface area contributed by atoms with Gasteiger partial charge in [-0.2, -0.15) is 0 Å². The summed E-state index contributed by atoms with van der Waals surface area (Å²) in [5.74, 6) is 0.625. The lowest BCUT2D eigenvalue weighted by atomic mass is 10.1. The number of rotatable bonds is 7. The predicted molar refractivity (Wildman–Crippen MR) is 99.6 cm³/mol. The van der Waals surface area contributed by atoms with E-state index in [-0.39, 0.29) is 11.4 Å². The van der Waals surface area contributed by atoms with Gasteiger partial charge in [0.05, 0.1) is 25.2 Å². The minimum absolute atomic E-state index is 0.226. The number of ether oxygens (including phenoxy) is 2. The van der Waals surface area contributed by atoms with Gasteiger partial charge in [-0.25, -0.2) is 13.1 Å². The lowest BCUT2D eigenvalue weighted by molar-refractivity contribution is 0.0341. The van der Waals surface area contributed by atoms with Crippen LogP contribution in [0.25, 0.3) is 0 Å². The highest BCUT2D eigenvalue weighted by molar-refractivity contribution is 7.89. The van der Waals surface area contributed by atoms with Gasteiger partial charge in [0.15, 0.2) is 0 Å². The van der Waals surface area contributed by atoms with Gasteiger partial charge in [0.2, 0.25) is 10.0 Å². The molecular weight excluding hydrogens is 352 g/mol. The zero-order valence-corrected chi connectivity index (χ0v) is 15.7. The molecule has 2 aromatic rings. The van der Waals surface area contributed by atoms with Gasteiger partial charge >= 0.3 is 0 Å². The van der Waals surface area contributed by atoms with E-state index >= 15 is 0 Å². The topological polar surface area (TPSA) is 67.9 Å². The van der Waals surface area contributed by atoms with Crippen LogP contribution in [0.4, 0.5) is 0 Å². The molecule has 0 amide bonds. The van der Waals surface area contributed by atoms with Crippen LogP contribution in [0.1, 0.15) is 11.1 Å². The zero-order valence-electron chi connectivity index (χ0n) is 14.8. The molecule has 0 aromatic heterocycles. The smallest absolute Gasteiger partial charge is 0.240 e. The SMILES string of the molecule is COc1ccc(S(=O)(=O)NCc2ccccc2CN2CCOCC2)cc1. The Labute approximate surface area is 154 Å². The number of methoxy groups -OCH3 is 1. The molecule has 0 aliphatic carbocycles. The highest BCUT2D eigenvalue weighted by Gasteiger charge is 2.16. The van der Waals surface area contributed by atoms with Gasteiger partial charge in [-0.05, 0) is 35.4 Å². The minimum Gasteiger partial charge on any atom is -0.497 e. The quantitative estimate of drug-likeness (QED) is 0.801. The molecule has 0 radical (unpaired) electrons. The van der Waals surface area contributed by atoms with E-state index in [1.165, 1.54) is 0 Å². The summed E-state index contributed by atoms with van der Waals surface area (Å²) in [6.45, 7) is 4.33. The Hall–Kier alpha value is -1.93. The van der Waals surface area contributed by atoms with Gasteiger partial charge in [-0.3, -0.25) is 4.90 Å². The van der Waals surface area contributed by atoms with Crippen molar-refractivity contribution >= 4 is 10.0 Å². The van der Waals surface area contributed by atoms with Crippen molar-refractivity contribution in [1.82, 2.24) is 9.62 Å². The Kier molecular flexibility index (Phi) is 6.26. The van der Waals surface area contributed by atoms with Crippen molar-refractivity contribution in [2.24, 2.45) is 0 Å². The summed E-state index contributed by atoms with van der Waals surface area (Å²) in [6, 6.07) is 14.3.